The van der Waals surface area contributed by atoms with Gasteiger partial charge in [-0.3, -0.25) is 19.7 Å². The molecule has 4 heterocycles. The Morgan fingerprint density at radius 2 is 2.09 bits per heavy atom. The molecule has 4 rings (SSSR count). The molecule has 0 spiro atoms. The van der Waals surface area contributed by atoms with Gasteiger partial charge >= 0.3 is 0 Å². The van der Waals surface area contributed by atoms with Crippen molar-refractivity contribution in [3.63, 3.8) is 0 Å². The highest BCUT2D eigenvalue weighted by molar-refractivity contribution is 7.92. The van der Waals surface area contributed by atoms with Gasteiger partial charge in [-0.05, 0) is 42.7 Å². The molecule has 12 heteroatoms. The SMILES string of the molecule is CC(CCN1Cc2cc(C#CC#CC3CN(CC4(O)COC4)C3)sc2C1=O)(C(=O)NO)S(C)(=O)=O. The number of aliphatic hydroxyl groups is 1. The monoisotopic (exact) mass is 521 g/mol. The molecule has 1 aromatic rings. The van der Waals surface area contributed by atoms with Gasteiger partial charge in [0.15, 0.2) is 14.6 Å². The Hall–Kier alpha value is -2.45. The summed E-state index contributed by atoms with van der Waals surface area (Å²) in [4.78, 5) is 29.6. The Kier molecular flexibility index (Phi) is 6.99. The van der Waals surface area contributed by atoms with E-state index in [9.17, 15) is 23.1 Å². The van der Waals surface area contributed by atoms with Gasteiger partial charge in [-0.2, -0.15) is 0 Å². The van der Waals surface area contributed by atoms with Gasteiger partial charge in [-0.15, -0.1) is 11.3 Å². The number of hydrogen-bond acceptors (Lipinski definition) is 9. The summed E-state index contributed by atoms with van der Waals surface area (Å²) in [6.45, 7) is 4.55. The summed E-state index contributed by atoms with van der Waals surface area (Å²) in [6, 6.07) is 1.83. The number of carbonyl (C=O) groups is 2. The van der Waals surface area contributed by atoms with E-state index in [0.29, 0.717) is 31.2 Å². The zero-order valence-corrected chi connectivity index (χ0v) is 21.1. The van der Waals surface area contributed by atoms with Gasteiger partial charge in [0, 0.05) is 44.9 Å². The molecule has 35 heavy (non-hydrogen) atoms. The van der Waals surface area contributed by atoms with E-state index < -0.39 is 26.1 Å². The van der Waals surface area contributed by atoms with E-state index >= 15 is 0 Å². The number of thiophene rings is 1. The van der Waals surface area contributed by atoms with Crippen LogP contribution in [0.15, 0.2) is 6.07 Å². The number of sulfone groups is 1. The third-order valence-electron chi connectivity index (χ3n) is 6.65. The van der Waals surface area contributed by atoms with E-state index in [1.807, 2.05) is 6.07 Å². The summed E-state index contributed by atoms with van der Waals surface area (Å²) in [5.74, 6) is 10.8. The summed E-state index contributed by atoms with van der Waals surface area (Å²) < 4.78 is 27.4. The summed E-state index contributed by atoms with van der Waals surface area (Å²) in [6.07, 6.45) is 0.779. The maximum Gasteiger partial charge on any atom is 0.264 e. The first-order chi connectivity index (χ1) is 16.4. The average Bonchev–Trinajstić information content (AvgIpc) is 3.28. The van der Waals surface area contributed by atoms with Gasteiger partial charge in [0.25, 0.3) is 11.8 Å². The summed E-state index contributed by atoms with van der Waals surface area (Å²) >= 11 is 1.26. The number of ether oxygens (including phenoxy) is 1. The second kappa shape index (κ2) is 9.54. The van der Waals surface area contributed by atoms with Crippen LogP contribution in [0.5, 0.6) is 0 Å². The van der Waals surface area contributed by atoms with Gasteiger partial charge in [0.2, 0.25) is 0 Å². The number of hydrogen-bond donors (Lipinski definition) is 3. The zero-order valence-electron chi connectivity index (χ0n) is 19.5. The second-order valence-electron chi connectivity index (χ2n) is 9.51. The topological polar surface area (TPSA) is 136 Å². The van der Waals surface area contributed by atoms with Crippen LogP contribution >= 0.6 is 11.3 Å². The van der Waals surface area contributed by atoms with Gasteiger partial charge in [-0.1, -0.05) is 5.92 Å². The van der Waals surface area contributed by atoms with Crippen LogP contribution in [0.3, 0.4) is 0 Å². The highest BCUT2D eigenvalue weighted by atomic mass is 32.2. The zero-order chi connectivity index (χ0) is 25.4. The lowest BCUT2D eigenvalue weighted by Crippen LogP contribution is -2.61. The normalized spacial score (nSPS) is 20.9. The largest absolute Gasteiger partial charge is 0.384 e. The number of likely N-dealkylation sites (tertiary alicyclic amines) is 1. The van der Waals surface area contributed by atoms with Crippen molar-refractivity contribution in [3.05, 3.63) is 21.4 Å². The summed E-state index contributed by atoms with van der Waals surface area (Å²) in [5, 5.41) is 19.0. The minimum atomic E-state index is -3.83. The number of amides is 2. The van der Waals surface area contributed by atoms with Crippen molar-refractivity contribution in [2.24, 2.45) is 5.92 Å². The number of β-amino-alcohol motifs (C(OH)–C–C–N with tert-alkyl or cyclic N) is 1. The molecule has 2 fully saturated rings. The van der Waals surface area contributed by atoms with Crippen LogP contribution in [0.1, 0.15) is 33.5 Å². The number of carbonyl (C=O) groups excluding carboxylic acids is 2. The molecular formula is C23H27N3O7S2. The molecule has 1 aromatic heterocycles. The molecule has 0 aromatic carbocycles. The molecule has 3 N–H and O–H groups in total. The molecule has 0 radical (unpaired) electrons. The number of nitrogens with zero attached hydrogens (tertiary/aromatic N) is 2. The molecule has 188 valence electrons. The first-order valence-electron chi connectivity index (χ1n) is 11.0. The van der Waals surface area contributed by atoms with Gasteiger partial charge in [-0.25, -0.2) is 13.9 Å². The fourth-order valence-electron chi connectivity index (χ4n) is 4.19. The highest BCUT2D eigenvalue weighted by Crippen LogP contribution is 2.32. The Morgan fingerprint density at radius 3 is 2.66 bits per heavy atom. The van der Waals surface area contributed by atoms with Crippen LogP contribution < -0.4 is 5.48 Å². The highest BCUT2D eigenvalue weighted by Gasteiger charge is 2.44. The molecule has 2 amide bonds. The predicted octanol–water partition coefficient (Wildman–Crippen LogP) is -0.549. The number of rotatable bonds is 7. The number of fused-ring (bicyclic) bond motifs is 1. The Morgan fingerprint density at radius 1 is 1.37 bits per heavy atom. The fraction of sp³-hybridized carbons (Fsp3) is 0.565. The lowest BCUT2D eigenvalue weighted by Gasteiger charge is -2.45. The third-order valence-corrected chi connectivity index (χ3v) is 9.76. The van der Waals surface area contributed by atoms with Crippen LogP contribution in [0.2, 0.25) is 0 Å². The number of nitrogens with one attached hydrogen (secondary N) is 1. The molecule has 0 aliphatic carbocycles. The Bertz CT molecular complexity index is 1260. The molecule has 0 saturated carbocycles. The maximum absolute atomic E-state index is 12.8. The van der Waals surface area contributed by atoms with Crippen molar-refractivity contribution < 1.29 is 33.1 Å². The van der Waals surface area contributed by atoms with Crippen LogP contribution in [0.4, 0.5) is 0 Å². The van der Waals surface area contributed by atoms with E-state index in [2.05, 4.69) is 28.6 Å². The van der Waals surface area contributed by atoms with Crippen molar-refractivity contribution in [1.29, 1.82) is 0 Å². The minimum absolute atomic E-state index is 0.0482. The van der Waals surface area contributed by atoms with Crippen molar-refractivity contribution in [1.82, 2.24) is 15.3 Å². The van der Waals surface area contributed by atoms with E-state index in [1.165, 1.54) is 28.6 Å². The first-order valence-corrected chi connectivity index (χ1v) is 13.7. The molecule has 2 saturated heterocycles. The molecule has 10 nitrogen and oxygen atoms in total. The Balaban J connectivity index is 1.29. The van der Waals surface area contributed by atoms with Crippen molar-refractivity contribution in [2.45, 2.75) is 30.2 Å². The van der Waals surface area contributed by atoms with E-state index in [0.717, 1.165) is 29.8 Å². The van der Waals surface area contributed by atoms with Gasteiger partial charge < -0.3 is 14.7 Å². The van der Waals surface area contributed by atoms with Crippen LogP contribution in [-0.4, -0.2) is 96.3 Å². The van der Waals surface area contributed by atoms with E-state index in [4.69, 9.17) is 9.94 Å². The maximum atomic E-state index is 12.8. The smallest absolute Gasteiger partial charge is 0.264 e. The predicted molar refractivity (Wildman–Crippen MR) is 127 cm³/mol. The third kappa shape index (κ3) is 5.23. The lowest BCUT2D eigenvalue weighted by atomic mass is 9.95. The minimum Gasteiger partial charge on any atom is -0.384 e. The average molecular weight is 522 g/mol. The fourth-order valence-corrected chi connectivity index (χ4v) is 6.03. The molecule has 0 bridgehead atoms. The number of hydroxylamine groups is 1. The van der Waals surface area contributed by atoms with Crippen molar-refractivity contribution in [3.8, 4) is 23.7 Å². The van der Waals surface area contributed by atoms with E-state index in [1.54, 1.807) is 0 Å². The quantitative estimate of drug-likeness (QED) is 0.247. The summed E-state index contributed by atoms with van der Waals surface area (Å²) in [5.41, 5.74) is 1.50. The molecule has 1 atom stereocenters. The van der Waals surface area contributed by atoms with Crippen molar-refractivity contribution in [2.75, 3.05) is 45.6 Å². The standard InChI is InChI=1S/C23H27N3O7S2/c1-22(21(28)24-30,35(2,31)32)7-8-26-12-17-9-18(34-19(17)20(26)27)6-4-3-5-16-10-25(11-16)13-23(29)14-33-15-23/h9,16,29-30H,7-8,10-15H2,1-2H3,(H,24,28). The van der Waals surface area contributed by atoms with Crippen LogP contribution in [-0.2, 0) is 25.9 Å². The molecule has 1 unspecified atom stereocenters. The Labute approximate surface area is 208 Å². The summed E-state index contributed by atoms with van der Waals surface area (Å²) in [7, 11) is -3.83. The van der Waals surface area contributed by atoms with Crippen molar-refractivity contribution >= 4 is 33.0 Å². The molecule has 3 aliphatic heterocycles. The van der Waals surface area contributed by atoms with Crippen LogP contribution in [0, 0.1) is 29.6 Å². The molecular weight excluding hydrogens is 494 g/mol. The first kappa shape index (κ1) is 25.6. The van der Waals surface area contributed by atoms with E-state index in [-0.39, 0.29) is 24.8 Å². The van der Waals surface area contributed by atoms with Gasteiger partial charge in [0.05, 0.1) is 23.0 Å². The van der Waals surface area contributed by atoms with Crippen LogP contribution in [0.25, 0.3) is 0 Å². The van der Waals surface area contributed by atoms with Gasteiger partial charge in [0.1, 0.15) is 5.60 Å². The second-order valence-corrected chi connectivity index (χ2v) is 13.0. The lowest BCUT2D eigenvalue weighted by molar-refractivity contribution is -0.192. The molecule has 3 aliphatic rings.